The standard InChI is InChI=1S/C24H34BN3O6/c1-24(2,3)19(26-23(31)33-15-9-4-5-10-15)22(30)28-14-8-12-17(28)21(29)27-20-16-11-6-7-13-18(16)34-25(20)32/h6-7,11,13,15,17,19-20,32H,4-5,8-10,12,14H2,1-3H3,(H,26,31)(H,27,29). The van der Waals surface area contributed by atoms with Crippen LogP contribution in [0.25, 0.3) is 0 Å². The molecule has 1 aromatic carbocycles. The van der Waals surface area contributed by atoms with Crippen LogP contribution in [0.4, 0.5) is 4.79 Å². The molecule has 10 heteroatoms. The summed E-state index contributed by atoms with van der Waals surface area (Å²) in [5, 5.41) is 15.9. The molecule has 1 saturated heterocycles. The number of alkyl carbamates (subject to hydrolysis) is 1. The van der Waals surface area contributed by atoms with E-state index in [1.807, 2.05) is 26.8 Å². The quantitative estimate of drug-likeness (QED) is 0.568. The topological polar surface area (TPSA) is 117 Å². The largest absolute Gasteiger partial charge is 0.551 e. The fourth-order valence-electron chi connectivity index (χ4n) is 5.02. The molecule has 0 radical (unpaired) electrons. The smallest absolute Gasteiger partial charge is 0.534 e. The van der Waals surface area contributed by atoms with Crippen molar-refractivity contribution in [1.82, 2.24) is 15.5 Å². The zero-order chi connectivity index (χ0) is 24.5. The van der Waals surface area contributed by atoms with E-state index < -0.39 is 36.7 Å². The molecule has 0 spiro atoms. The summed E-state index contributed by atoms with van der Waals surface area (Å²) >= 11 is 0. The lowest BCUT2D eigenvalue weighted by molar-refractivity contribution is -0.142. The molecule has 3 aliphatic rings. The molecular formula is C24H34BN3O6. The third-order valence-electron chi connectivity index (χ3n) is 6.87. The molecule has 4 rings (SSSR count). The van der Waals surface area contributed by atoms with Crippen molar-refractivity contribution in [2.24, 2.45) is 5.41 Å². The number of carbonyl (C=O) groups excluding carboxylic acids is 3. The summed E-state index contributed by atoms with van der Waals surface area (Å²) < 4.78 is 11.0. The maximum absolute atomic E-state index is 13.6. The van der Waals surface area contributed by atoms with Gasteiger partial charge in [-0.1, -0.05) is 39.0 Å². The van der Waals surface area contributed by atoms with E-state index in [2.05, 4.69) is 10.6 Å². The highest BCUT2D eigenvalue weighted by molar-refractivity contribution is 6.47. The Morgan fingerprint density at radius 3 is 2.56 bits per heavy atom. The first-order valence-corrected chi connectivity index (χ1v) is 12.2. The third-order valence-corrected chi connectivity index (χ3v) is 6.87. The fourth-order valence-corrected chi connectivity index (χ4v) is 5.02. The number of hydrogen-bond donors (Lipinski definition) is 3. The lowest BCUT2D eigenvalue weighted by Crippen LogP contribution is -2.58. The molecule has 2 aliphatic heterocycles. The minimum atomic E-state index is -1.19. The zero-order valence-corrected chi connectivity index (χ0v) is 20.1. The number of nitrogens with one attached hydrogen (secondary N) is 2. The number of amides is 3. The van der Waals surface area contributed by atoms with Gasteiger partial charge in [-0.3, -0.25) is 9.59 Å². The summed E-state index contributed by atoms with van der Waals surface area (Å²) in [7, 11) is -1.19. The molecule has 1 aromatic rings. The van der Waals surface area contributed by atoms with Gasteiger partial charge in [0, 0.05) is 12.1 Å². The van der Waals surface area contributed by atoms with Crippen LogP contribution in [0.2, 0.25) is 0 Å². The van der Waals surface area contributed by atoms with Crippen LogP contribution in [0.3, 0.4) is 0 Å². The van der Waals surface area contributed by atoms with Gasteiger partial charge in [0.25, 0.3) is 0 Å². The lowest BCUT2D eigenvalue weighted by Gasteiger charge is -2.35. The highest BCUT2D eigenvalue weighted by Gasteiger charge is 2.45. The van der Waals surface area contributed by atoms with E-state index >= 15 is 0 Å². The Labute approximate surface area is 200 Å². The summed E-state index contributed by atoms with van der Waals surface area (Å²) in [5.41, 5.74) is 0.118. The molecule has 3 atom stereocenters. The van der Waals surface area contributed by atoms with Crippen molar-refractivity contribution < 1.29 is 28.8 Å². The first-order valence-electron chi connectivity index (χ1n) is 12.2. The number of likely N-dealkylation sites (tertiary alicyclic amines) is 1. The van der Waals surface area contributed by atoms with Gasteiger partial charge in [0.15, 0.2) is 0 Å². The molecule has 2 fully saturated rings. The van der Waals surface area contributed by atoms with Crippen molar-refractivity contribution >= 4 is 25.0 Å². The number of rotatable bonds is 5. The highest BCUT2D eigenvalue weighted by Crippen LogP contribution is 2.34. The summed E-state index contributed by atoms with van der Waals surface area (Å²) in [5.74, 6) is -0.842. The Bertz CT molecular complexity index is 930. The monoisotopic (exact) mass is 471 g/mol. The number of benzene rings is 1. The van der Waals surface area contributed by atoms with E-state index in [9.17, 15) is 19.4 Å². The lowest BCUT2D eigenvalue weighted by atomic mass is 9.77. The summed E-state index contributed by atoms with van der Waals surface area (Å²) in [6.45, 7) is 6.04. The third kappa shape index (κ3) is 5.16. The van der Waals surface area contributed by atoms with Gasteiger partial charge in [0.1, 0.15) is 29.9 Å². The Morgan fingerprint density at radius 2 is 1.85 bits per heavy atom. The molecular weight excluding hydrogens is 437 g/mol. The molecule has 34 heavy (non-hydrogen) atoms. The first kappa shape index (κ1) is 24.4. The van der Waals surface area contributed by atoms with Crippen LogP contribution in [-0.2, 0) is 14.3 Å². The van der Waals surface area contributed by atoms with Crippen molar-refractivity contribution in [2.45, 2.75) is 83.4 Å². The fraction of sp³-hybridized carbons (Fsp3) is 0.625. The maximum atomic E-state index is 13.6. The minimum absolute atomic E-state index is 0.107. The van der Waals surface area contributed by atoms with Gasteiger partial charge in [-0.25, -0.2) is 4.79 Å². The number of nitrogens with zero attached hydrogens (tertiary/aromatic N) is 1. The predicted octanol–water partition coefficient (Wildman–Crippen LogP) is 2.33. The Balaban J connectivity index is 1.44. The average Bonchev–Trinajstić information content (AvgIpc) is 3.52. The van der Waals surface area contributed by atoms with Gasteiger partial charge in [0.2, 0.25) is 11.8 Å². The van der Waals surface area contributed by atoms with Gasteiger partial charge >= 0.3 is 13.2 Å². The normalized spacial score (nSPS) is 23.3. The van der Waals surface area contributed by atoms with Crippen LogP contribution in [-0.4, -0.2) is 59.7 Å². The Morgan fingerprint density at radius 1 is 1.15 bits per heavy atom. The number of ether oxygens (including phenoxy) is 1. The molecule has 184 valence electrons. The second kappa shape index (κ2) is 9.86. The Kier molecular flexibility index (Phi) is 7.07. The molecule has 9 nitrogen and oxygen atoms in total. The van der Waals surface area contributed by atoms with Crippen LogP contribution in [0.15, 0.2) is 24.3 Å². The van der Waals surface area contributed by atoms with Crippen LogP contribution in [0.5, 0.6) is 5.75 Å². The van der Waals surface area contributed by atoms with E-state index in [4.69, 9.17) is 9.39 Å². The molecule has 3 unspecified atom stereocenters. The molecule has 3 amide bonds. The second-order valence-electron chi connectivity index (χ2n) is 10.5. The van der Waals surface area contributed by atoms with Crippen molar-refractivity contribution in [3.05, 3.63) is 29.8 Å². The second-order valence-corrected chi connectivity index (χ2v) is 10.5. The highest BCUT2D eigenvalue weighted by atomic mass is 16.6. The molecule has 0 bridgehead atoms. The summed E-state index contributed by atoms with van der Waals surface area (Å²) in [4.78, 5) is 40.9. The Hall–Kier alpha value is -2.75. The van der Waals surface area contributed by atoms with Crippen molar-refractivity contribution in [1.29, 1.82) is 0 Å². The number of fused-ring (bicyclic) bond motifs is 1. The number of hydrogen-bond acceptors (Lipinski definition) is 6. The van der Waals surface area contributed by atoms with Crippen LogP contribution in [0.1, 0.15) is 70.8 Å². The first-order chi connectivity index (χ1) is 16.1. The van der Waals surface area contributed by atoms with Crippen molar-refractivity contribution in [3.8, 4) is 5.75 Å². The van der Waals surface area contributed by atoms with Crippen molar-refractivity contribution in [3.63, 3.8) is 0 Å². The summed E-state index contributed by atoms with van der Waals surface area (Å²) in [6.07, 6.45) is 4.24. The van der Waals surface area contributed by atoms with Gasteiger partial charge < -0.3 is 29.9 Å². The zero-order valence-electron chi connectivity index (χ0n) is 20.1. The SMILES string of the molecule is CC(C)(C)C(NC(=O)OC1CCCC1)C(=O)N1CCCC1C(=O)NC1B(O)Oc2ccccc21. The number of para-hydroxylation sites is 1. The number of carbonyl (C=O) groups is 3. The van der Waals surface area contributed by atoms with E-state index in [-0.39, 0.29) is 17.9 Å². The van der Waals surface area contributed by atoms with Gasteiger partial charge in [-0.05, 0) is 50.0 Å². The van der Waals surface area contributed by atoms with Gasteiger partial charge in [-0.15, -0.1) is 0 Å². The molecule has 3 N–H and O–H groups in total. The van der Waals surface area contributed by atoms with E-state index in [1.54, 1.807) is 18.2 Å². The van der Waals surface area contributed by atoms with E-state index in [1.165, 1.54) is 4.90 Å². The molecule has 1 saturated carbocycles. The van der Waals surface area contributed by atoms with Crippen LogP contribution < -0.4 is 15.3 Å². The molecule has 0 aromatic heterocycles. The van der Waals surface area contributed by atoms with E-state index in [0.29, 0.717) is 30.7 Å². The molecule has 2 heterocycles. The van der Waals surface area contributed by atoms with Crippen LogP contribution >= 0.6 is 0 Å². The molecule has 1 aliphatic carbocycles. The van der Waals surface area contributed by atoms with Crippen LogP contribution in [0, 0.1) is 5.41 Å². The van der Waals surface area contributed by atoms with Gasteiger partial charge in [0.05, 0.1) is 0 Å². The predicted molar refractivity (Wildman–Crippen MR) is 126 cm³/mol. The van der Waals surface area contributed by atoms with Crippen molar-refractivity contribution in [2.75, 3.05) is 6.54 Å². The average molecular weight is 471 g/mol. The summed E-state index contributed by atoms with van der Waals surface area (Å²) in [6, 6.07) is 5.62. The minimum Gasteiger partial charge on any atom is -0.534 e. The van der Waals surface area contributed by atoms with E-state index in [0.717, 1.165) is 25.7 Å². The maximum Gasteiger partial charge on any atom is 0.551 e. The van der Waals surface area contributed by atoms with Gasteiger partial charge in [-0.2, -0.15) is 0 Å².